The molecule has 4 rings (SSSR count). The zero-order valence-electron chi connectivity index (χ0n) is 20.0. The number of hydrogen-bond donors (Lipinski definition) is 1. The summed E-state index contributed by atoms with van der Waals surface area (Å²) < 4.78 is 33.3. The maximum atomic E-state index is 12.8. The molecule has 0 unspecified atom stereocenters. The van der Waals surface area contributed by atoms with Crippen LogP contribution < -0.4 is 19.6 Å². The number of carbonyl (C=O) groups is 1. The largest absolute Gasteiger partial charge is 0.507 e. The van der Waals surface area contributed by atoms with E-state index in [-0.39, 0.29) is 46.5 Å². The Morgan fingerprint density at radius 3 is 2.54 bits per heavy atom. The lowest BCUT2D eigenvalue weighted by Crippen LogP contribution is -2.21. The molecule has 0 saturated heterocycles. The molecule has 9 heteroatoms. The van der Waals surface area contributed by atoms with Gasteiger partial charge in [0, 0.05) is 37.6 Å². The number of ether oxygens (including phenoxy) is 5. The van der Waals surface area contributed by atoms with Gasteiger partial charge in [0.2, 0.25) is 5.79 Å². The first-order valence-electron chi connectivity index (χ1n) is 11.0. The molecule has 0 saturated carbocycles. The lowest BCUT2D eigenvalue weighted by molar-refractivity contribution is -0.137. The molecular formula is C26H26O9. The van der Waals surface area contributed by atoms with E-state index in [1.54, 1.807) is 45.9 Å². The van der Waals surface area contributed by atoms with Crippen molar-refractivity contribution in [1.29, 1.82) is 0 Å². The average Bonchev–Trinajstić information content (AvgIpc) is 3.15. The fourth-order valence-corrected chi connectivity index (χ4v) is 3.39. The minimum absolute atomic E-state index is 0.0156. The smallest absolute Gasteiger partial charge is 0.313 e. The van der Waals surface area contributed by atoms with Crippen LogP contribution in [0.15, 0.2) is 57.6 Å². The standard InChI is InChI=1S/C26H26O9/c1-14(2)25(29)34-22-8-15(6-7-20(22)30-5)21-11-19(28)24-18(27)9-16(10-23(24)33-21)31-12-17-13-32-26(3,4)35-17/h6-11,13-14,27H,12H2,1-5H3. The predicted octanol–water partition coefficient (Wildman–Crippen LogP) is 4.74. The number of aromatic hydroxyl groups is 1. The SMILES string of the molecule is COc1ccc(-c2cc(=O)c3c(O)cc(OCC4=COC(C)(C)O4)cc3o2)cc1OC(=O)C(C)C. The third-order valence-corrected chi connectivity index (χ3v) is 5.15. The van der Waals surface area contributed by atoms with Crippen LogP contribution in [0.1, 0.15) is 27.7 Å². The van der Waals surface area contributed by atoms with Crippen molar-refractivity contribution in [3.05, 3.63) is 58.6 Å². The van der Waals surface area contributed by atoms with Gasteiger partial charge in [0.25, 0.3) is 0 Å². The molecule has 0 aliphatic carbocycles. The fraction of sp³-hybridized carbons (Fsp3) is 0.308. The van der Waals surface area contributed by atoms with Crippen LogP contribution in [0.3, 0.4) is 0 Å². The summed E-state index contributed by atoms with van der Waals surface area (Å²) in [5, 5.41) is 10.5. The van der Waals surface area contributed by atoms with Crippen LogP contribution in [-0.2, 0) is 14.3 Å². The highest BCUT2D eigenvalue weighted by atomic mass is 16.7. The van der Waals surface area contributed by atoms with Gasteiger partial charge in [-0.3, -0.25) is 9.59 Å². The number of phenolic OH excluding ortho intramolecular Hbond substituents is 1. The van der Waals surface area contributed by atoms with Gasteiger partial charge in [-0.1, -0.05) is 13.8 Å². The highest BCUT2D eigenvalue weighted by Gasteiger charge is 2.28. The molecule has 9 nitrogen and oxygen atoms in total. The van der Waals surface area contributed by atoms with Crippen LogP contribution in [0.5, 0.6) is 23.0 Å². The van der Waals surface area contributed by atoms with Crippen LogP contribution in [0, 0.1) is 5.92 Å². The van der Waals surface area contributed by atoms with Crippen molar-refractivity contribution in [3.8, 4) is 34.3 Å². The maximum absolute atomic E-state index is 12.8. The van der Waals surface area contributed by atoms with Crippen molar-refractivity contribution >= 4 is 16.9 Å². The van der Waals surface area contributed by atoms with Gasteiger partial charge < -0.3 is 33.2 Å². The lowest BCUT2D eigenvalue weighted by Gasteiger charge is -2.18. The molecule has 1 aliphatic heterocycles. The summed E-state index contributed by atoms with van der Waals surface area (Å²) in [6.45, 7) is 7.03. The molecule has 0 fully saturated rings. The average molecular weight is 482 g/mol. The Hall–Kier alpha value is -4.14. The van der Waals surface area contributed by atoms with E-state index in [1.165, 1.54) is 31.6 Å². The first-order valence-corrected chi connectivity index (χ1v) is 11.0. The van der Waals surface area contributed by atoms with Gasteiger partial charge in [-0.2, -0.15) is 0 Å². The molecule has 1 N–H and O–H groups in total. The number of phenols is 1. The van der Waals surface area contributed by atoms with Gasteiger partial charge >= 0.3 is 5.97 Å². The monoisotopic (exact) mass is 482 g/mol. The van der Waals surface area contributed by atoms with Crippen LogP contribution in [0.4, 0.5) is 0 Å². The molecule has 184 valence electrons. The van der Waals surface area contributed by atoms with Crippen molar-refractivity contribution in [3.63, 3.8) is 0 Å². The number of esters is 1. The number of rotatable bonds is 7. The van der Waals surface area contributed by atoms with Crippen molar-refractivity contribution in [2.24, 2.45) is 5.92 Å². The molecular weight excluding hydrogens is 456 g/mol. The second-order valence-corrected chi connectivity index (χ2v) is 8.72. The Morgan fingerprint density at radius 2 is 1.89 bits per heavy atom. The Bertz CT molecular complexity index is 1370. The summed E-state index contributed by atoms with van der Waals surface area (Å²) in [7, 11) is 1.46. The number of methoxy groups -OCH3 is 1. The summed E-state index contributed by atoms with van der Waals surface area (Å²) in [6.07, 6.45) is 1.46. The maximum Gasteiger partial charge on any atom is 0.313 e. The molecule has 1 aromatic heterocycles. The summed E-state index contributed by atoms with van der Waals surface area (Å²) in [5.41, 5.74) is 0.154. The van der Waals surface area contributed by atoms with Gasteiger partial charge in [-0.15, -0.1) is 0 Å². The zero-order valence-corrected chi connectivity index (χ0v) is 20.0. The number of hydrogen-bond acceptors (Lipinski definition) is 9. The molecule has 1 aliphatic rings. The van der Waals surface area contributed by atoms with Crippen molar-refractivity contribution in [1.82, 2.24) is 0 Å². The Kier molecular flexibility index (Phi) is 6.34. The van der Waals surface area contributed by atoms with E-state index in [0.29, 0.717) is 17.1 Å². The van der Waals surface area contributed by atoms with Crippen molar-refractivity contribution in [2.75, 3.05) is 13.7 Å². The van der Waals surface area contributed by atoms with Crippen LogP contribution in [0.25, 0.3) is 22.3 Å². The van der Waals surface area contributed by atoms with Gasteiger partial charge in [0.05, 0.1) is 13.0 Å². The van der Waals surface area contributed by atoms with E-state index in [4.69, 9.17) is 28.1 Å². The van der Waals surface area contributed by atoms with Gasteiger partial charge in [-0.05, 0) is 18.2 Å². The normalized spacial score (nSPS) is 14.3. The summed E-state index contributed by atoms with van der Waals surface area (Å²) >= 11 is 0. The minimum Gasteiger partial charge on any atom is -0.507 e. The highest BCUT2D eigenvalue weighted by molar-refractivity contribution is 5.86. The lowest BCUT2D eigenvalue weighted by atomic mass is 10.1. The van der Waals surface area contributed by atoms with E-state index < -0.39 is 17.2 Å². The number of fused-ring (bicyclic) bond motifs is 1. The van der Waals surface area contributed by atoms with Gasteiger partial charge in [0.1, 0.15) is 41.1 Å². The summed E-state index contributed by atoms with van der Waals surface area (Å²) in [4.78, 5) is 24.9. The van der Waals surface area contributed by atoms with Crippen molar-refractivity contribution in [2.45, 2.75) is 33.5 Å². The van der Waals surface area contributed by atoms with E-state index >= 15 is 0 Å². The molecule has 3 aromatic rings. The Balaban J connectivity index is 1.67. The molecule has 0 spiro atoms. The second-order valence-electron chi connectivity index (χ2n) is 8.72. The molecule has 2 heterocycles. The second kappa shape index (κ2) is 9.25. The van der Waals surface area contributed by atoms with Gasteiger partial charge in [-0.25, -0.2) is 0 Å². The Morgan fingerprint density at radius 1 is 1.11 bits per heavy atom. The van der Waals surface area contributed by atoms with E-state index in [9.17, 15) is 14.7 Å². The first-order chi connectivity index (χ1) is 16.6. The third-order valence-electron chi connectivity index (χ3n) is 5.15. The summed E-state index contributed by atoms with van der Waals surface area (Å²) in [5.74, 6) is -0.313. The quantitative estimate of drug-likeness (QED) is 0.377. The molecule has 0 atom stereocenters. The first kappa shape index (κ1) is 24.0. The van der Waals surface area contributed by atoms with Crippen LogP contribution >= 0.6 is 0 Å². The van der Waals surface area contributed by atoms with Crippen molar-refractivity contribution < 1.29 is 38.0 Å². The number of benzene rings is 2. The molecule has 0 bridgehead atoms. The molecule has 35 heavy (non-hydrogen) atoms. The van der Waals surface area contributed by atoms with E-state index in [1.807, 2.05) is 0 Å². The molecule has 0 amide bonds. The molecule has 2 aromatic carbocycles. The van der Waals surface area contributed by atoms with E-state index in [0.717, 1.165) is 0 Å². The zero-order chi connectivity index (χ0) is 25.3. The predicted molar refractivity (Wildman–Crippen MR) is 126 cm³/mol. The highest BCUT2D eigenvalue weighted by Crippen LogP contribution is 2.36. The topological polar surface area (TPSA) is 114 Å². The third kappa shape index (κ3) is 5.18. The molecule has 0 radical (unpaired) electrons. The van der Waals surface area contributed by atoms with Gasteiger partial charge in [0.15, 0.2) is 22.7 Å². The van der Waals surface area contributed by atoms with Crippen LogP contribution in [0.2, 0.25) is 0 Å². The number of carbonyl (C=O) groups excluding carboxylic acids is 1. The fourth-order valence-electron chi connectivity index (χ4n) is 3.39. The summed E-state index contributed by atoms with van der Waals surface area (Å²) in [6, 6.07) is 8.92. The van der Waals surface area contributed by atoms with E-state index in [2.05, 4.69) is 0 Å². The Labute approximate surface area is 201 Å². The van der Waals surface area contributed by atoms with Crippen LogP contribution in [-0.4, -0.2) is 30.6 Å². The minimum atomic E-state index is -0.771.